The summed E-state index contributed by atoms with van der Waals surface area (Å²) in [4.78, 5) is 2.33. The monoisotopic (exact) mass is 631 g/mol. The largest absolute Gasteiger partial charge is 0.310 e. The summed E-state index contributed by atoms with van der Waals surface area (Å²) < 4.78 is 2.54. The Morgan fingerprint density at radius 3 is 1.96 bits per heavy atom. The van der Waals surface area contributed by atoms with Gasteiger partial charge in [0.05, 0.1) is 11.4 Å². The minimum absolute atomic E-state index is 0.233. The van der Waals surface area contributed by atoms with Gasteiger partial charge in [0.2, 0.25) is 0 Å². The van der Waals surface area contributed by atoms with E-state index in [4.69, 9.17) is 10.8 Å². The minimum Gasteiger partial charge on any atom is -0.310 e. The Morgan fingerprint density at radius 1 is 0.458 bits per heavy atom. The highest BCUT2D eigenvalue weighted by Crippen LogP contribution is 2.43. The first-order valence-electron chi connectivity index (χ1n) is 16.0. The first-order valence-corrected chi connectivity index (χ1v) is 16.8. The van der Waals surface area contributed by atoms with Gasteiger partial charge in [0.15, 0.2) is 0 Å². The lowest BCUT2D eigenvalue weighted by Crippen LogP contribution is -2.16. The van der Waals surface area contributed by atoms with Gasteiger partial charge in [0.1, 0.15) is 0 Å². The summed E-state index contributed by atoms with van der Waals surface area (Å²) in [5, 5.41) is 21.8. The van der Waals surface area contributed by atoms with Gasteiger partial charge in [-0.1, -0.05) is 109 Å². The molecule has 0 spiro atoms. The van der Waals surface area contributed by atoms with E-state index in [1.54, 1.807) is 6.08 Å². The first kappa shape index (κ1) is 28.1. The molecule has 8 aromatic rings. The van der Waals surface area contributed by atoms with Gasteiger partial charge in [-0.15, -0.1) is 11.3 Å². The van der Waals surface area contributed by atoms with E-state index in [9.17, 15) is 0 Å². The van der Waals surface area contributed by atoms with Gasteiger partial charge in [-0.25, -0.2) is 0 Å². The highest BCUT2D eigenvalue weighted by molar-refractivity contribution is 7.25. The Hall–Kier alpha value is -6.10. The van der Waals surface area contributed by atoms with Gasteiger partial charge in [0.25, 0.3) is 0 Å². The second-order valence-corrected chi connectivity index (χ2v) is 13.2. The van der Waals surface area contributed by atoms with Crippen LogP contribution in [0.5, 0.6) is 0 Å². The van der Waals surface area contributed by atoms with Crippen molar-refractivity contribution in [3.63, 3.8) is 0 Å². The van der Waals surface area contributed by atoms with Gasteiger partial charge in [-0.05, 0) is 93.2 Å². The predicted molar refractivity (Wildman–Crippen MR) is 206 cm³/mol. The Balaban J connectivity index is 1.27. The quantitative estimate of drug-likeness (QED) is 0.195. The number of hydrogen-bond donors (Lipinski definition) is 2. The number of benzene rings is 7. The number of thiophene rings is 1. The summed E-state index contributed by atoms with van der Waals surface area (Å²) in [7, 11) is 0. The van der Waals surface area contributed by atoms with Crippen LogP contribution in [0, 0.1) is 10.8 Å². The van der Waals surface area contributed by atoms with Gasteiger partial charge in [-0.3, -0.25) is 10.8 Å². The molecule has 0 bridgehead atoms. The molecular formula is C44H29N3S. The molecule has 0 atom stereocenters. The molecule has 0 aliphatic heterocycles. The highest BCUT2D eigenvalue weighted by Gasteiger charge is 2.21. The second-order valence-electron chi connectivity index (χ2n) is 12.1. The van der Waals surface area contributed by atoms with Crippen LogP contribution in [0.1, 0.15) is 11.1 Å². The van der Waals surface area contributed by atoms with Gasteiger partial charge >= 0.3 is 0 Å². The number of fused-ring (bicyclic) bond motifs is 6. The van der Waals surface area contributed by atoms with E-state index >= 15 is 0 Å². The molecule has 2 N–H and O–H groups in total. The lowest BCUT2D eigenvalue weighted by Gasteiger charge is -2.27. The van der Waals surface area contributed by atoms with Crippen LogP contribution >= 0.6 is 11.3 Å². The van der Waals surface area contributed by atoms with E-state index < -0.39 is 0 Å². The zero-order valence-electron chi connectivity index (χ0n) is 25.9. The molecule has 0 unspecified atom stereocenters. The predicted octanol–water partition coefficient (Wildman–Crippen LogP) is 12.4. The van der Waals surface area contributed by atoms with Crippen LogP contribution in [-0.4, -0.2) is 11.4 Å². The van der Waals surface area contributed by atoms with Crippen molar-refractivity contribution in [2.45, 2.75) is 0 Å². The molecule has 9 rings (SSSR count). The van der Waals surface area contributed by atoms with E-state index in [1.165, 1.54) is 36.9 Å². The molecule has 1 aliphatic rings. The molecule has 0 amide bonds. The summed E-state index contributed by atoms with van der Waals surface area (Å²) in [5.41, 5.74) is 10.1. The fourth-order valence-electron chi connectivity index (χ4n) is 6.99. The van der Waals surface area contributed by atoms with E-state index in [0.29, 0.717) is 0 Å². The third-order valence-electron chi connectivity index (χ3n) is 9.29. The Bertz CT molecular complexity index is 2610. The number of nitrogens with zero attached hydrogens (tertiary/aromatic N) is 1. The normalized spacial score (nSPS) is 12.6. The lowest BCUT2D eigenvalue weighted by molar-refractivity contribution is 1.29. The molecule has 1 aliphatic carbocycles. The average molecular weight is 632 g/mol. The van der Waals surface area contributed by atoms with E-state index in [0.717, 1.165) is 44.5 Å². The van der Waals surface area contributed by atoms with Crippen molar-refractivity contribution in [1.82, 2.24) is 0 Å². The number of rotatable bonds is 5. The summed E-state index contributed by atoms with van der Waals surface area (Å²) in [6.07, 6.45) is 3.66. The van der Waals surface area contributed by atoms with Crippen LogP contribution in [0.2, 0.25) is 0 Å². The Morgan fingerprint density at radius 2 is 1.10 bits per heavy atom. The molecule has 0 saturated heterocycles. The van der Waals surface area contributed by atoms with E-state index in [2.05, 4.69) is 157 Å². The van der Waals surface area contributed by atoms with Crippen LogP contribution in [0.3, 0.4) is 0 Å². The zero-order valence-corrected chi connectivity index (χ0v) is 26.8. The summed E-state index contributed by atoms with van der Waals surface area (Å²) >= 11 is 1.82. The summed E-state index contributed by atoms with van der Waals surface area (Å²) in [5.74, 6) is 0. The van der Waals surface area contributed by atoms with E-state index in [-0.39, 0.29) is 11.4 Å². The second kappa shape index (κ2) is 11.3. The molecule has 0 fully saturated rings. The molecule has 226 valence electrons. The number of anilines is 3. The van der Waals surface area contributed by atoms with Gasteiger partial charge < -0.3 is 4.90 Å². The Labute approximate surface area is 282 Å². The molecule has 48 heavy (non-hydrogen) atoms. The van der Waals surface area contributed by atoms with Crippen molar-refractivity contribution in [1.29, 1.82) is 10.8 Å². The minimum atomic E-state index is 0.233. The van der Waals surface area contributed by atoms with Gasteiger partial charge in [0, 0.05) is 42.8 Å². The molecule has 1 heterocycles. The number of hydrogen-bond acceptors (Lipinski definition) is 4. The van der Waals surface area contributed by atoms with Crippen molar-refractivity contribution in [2.24, 2.45) is 0 Å². The zero-order chi connectivity index (χ0) is 32.2. The standard InChI is InChI=1S/C44H29N3S/c45-40-23-20-30-18-17-29-19-21-33(26-38(29)43(30)44(40)46)47(34-22-24-42-39(27-34)37-15-6-7-16-41(37)48-42)32-12-8-11-31(25-32)36-14-5-4-13-35(36)28-9-2-1-3-10-28/h1-27,45-46H. The van der Waals surface area contributed by atoms with Crippen LogP contribution in [-0.2, 0) is 0 Å². The number of allylic oxidation sites excluding steroid dienone is 1. The topological polar surface area (TPSA) is 50.9 Å². The third kappa shape index (κ3) is 4.65. The van der Waals surface area contributed by atoms with Crippen LogP contribution in [0.25, 0.3) is 59.3 Å². The maximum atomic E-state index is 8.84. The Kier molecular flexibility index (Phi) is 6.63. The lowest BCUT2D eigenvalue weighted by atomic mass is 9.89. The average Bonchev–Trinajstić information content (AvgIpc) is 3.52. The fourth-order valence-corrected chi connectivity index (χ4v) is 8.08. The van der Waals surface area contributed by atoms with Crippen molar-refractivity contribution >= 4 is 76.8 Å². The van der Waals surface area contributed by atoms with Gasteiger partial charge in [-0.2, -0.15) is 0 Å². The maximum Gasteiger partial charge on any atom is 0.0873 e. The summed E-state index contributed by atoms with van der Waals surface area (Å²) in [6.45, 7) is 0. The molecule has 4 heteroatoms. The summed E-state index contributed by atoms with van der Waals surface area (Å²) in [6, 6.07) is 54.0. The molecule has 7 aromatic carbocycles. The van der Waals surface area contributed by atoms with Crippen molar-refractivity contribution in [3.05, 3.63) is 169 Å². The third-order valence-corrected chi connectivity index (χ3v) is 10.4. The smallest absolute Gasteiger partial charge is 0.0873 e. The van der Waals surface area contributed by atoms with Crippen LogP contribution in [0.4, 0.5) is 17.1 Å². The maximum absolute atomic E-state index is 8.84. The van der Waals surface area contributed by atoms with E-state index in [1.807, 2.05) is 17.4 Å². The first-order chi connectivity index (χ1) is 23.6. The highest BCUT2D eigenvalue weighted by atomic mass is 32.1. The van der Waals surface area contributed by atoms with Crippen LogP contribution < -0.4 is 4.90 Å². The van der Waals surface area contributed by atoms with Crippen molar-refractivity contribution in [2.75, 3.05) is 4.90 Å². The van der Waals surface area contributed by atoms with Crippen molar-refractivity contribution in [3.8, 4) is 22.3 Å². The molecule has 0 radical (unpaired) electrons. The van der Waals surface area contributed by atoms with Crippen LogP contribution in [0.15, 0.2) is 158 Å². The molecular weight excluding hydrogens is 603 g/mol. The molecule has 0 saturated carbocycles. The molecule has 1 aromatic heterocycles. The SMILES string of the molecule is N=C1C=Cc2ccc3ccc(N(c4cccc(-c5ccccc5-c5ccccc5)c4)c4ccc5sc6ccccc6c5c4)cc3c2C1=N. The van der Waals surface area contributed by atoms with Crippen molar-refractivity contribution < 1.29 is 0 Å². The number of nitrogens with one attached hydrogen (secondary N) is 2. The fraction of sp³-hybridized carbons (Fsp3) is 0. The molecule has 3 nitrogen and oxygen atoms in total.